The molecule has 0 radical (unpaired) electrons. The molecule has 0 atom stereocenters. The second-order valence-electron chi connectivity index (χ2n) is 10.4. The van der Waals surface area contributed by atoms with Crippen LogP contribution in [0.2, 0.25) is 0 Å². The number of hydrogen-bond donors (Lipinski definition) is 1. The van der Waals surface area contributed by atoms with Crippen LogP contribution in [0.15, 0.2) is 30.9 Å². The van der Waals surface area contributed by atoms with Gasteiger partial charge in [-0.15, -0.1) is 17.9 Å². The van der Waals surface area contributed by atoms with Crippen LogP contribution in [0.5, 0.6) is 0 Å². The lowest BCUT2D eigenvalue weighted by Crippen LogP contribution is -2.21. The summed E-state index contributed by atoms with van der Waals surface area (Å²) >= 11 is 1.06. The van der Waals surface area contributed by atoms with Crippen molar-refractivity contribution < 1.29 is 23.9 Å². The Morgan fingerprint density at radius 2 is 1.85 bits per heavy atom. The van der Waals surface area contributed by atoms with E-state index in [0.717, 1.165) is 59.9 Å². The summed E-state index contributed by atoms with van der Waals surface area (Å²) in [6.45, 7) is 14.1. The minimum atomic E-state index is -0.580. The van der Waals surface area contributed by atoms with Crippen molar-refractivity contribution in [3.63, 3.8) is 0 Å². The van der Waals surface area contributed by atoms with Crippen LogP contribution in [0.1, 0.15) is 106 Å². The van der Waals surface area contributed by atoms with E-state index in [9.17, 15) is 14.4 Å². The van der Waals surface area contributed by atoms with E-state index >= 15 is 0 Å². The number of benzene rings is 1. The number of rotatable bonds is 9. The van der Waals surface area contributed by atoms with Crippen LogP contribution < -0.4 is 5.32 Å². The summed E-state index contributed by atoms with van der Waals surface area (Å²) in [4.78, 5) is 40.3. The molecule has 4 rings (SSSR count). The van der Waals surface area contributed by atoms with Crippen LogP contribution in [0.4, 0.5) is 5.00 Å². The van der Waals surface area contributed by atoms with Crippen molar-refractivity contribution in [2.75, 3.05) is 11.9 Å². The van der Waals surface area contributed by atoms with Crippen LogP contribution >= 0.6 is 11.3 Å². The van der Waals surface area contributed by atoms with E-state index < -0.39 is 11.9 Å². The van der Waals surface area contributed by atoms with Crippen LogP contribution in [0.25, 0.3) is 10.9 Å². The number of thiophene rings is 1. The molecule has 1 N–H and O–H groups in total. The molecule has 1 amide bonds. The van der Waals surface area contributed by atoms with Gasteiger partial charge >= 0.3 is 11.9 Å². The number of aromatic nitrogens is 1. The third kappa shape index (κ3) is 5.81. The van der Waals surface area contributed by atoms with Gasteiger partial charge in [-0.2, -0.15) is 0 Å². The Morgan fingerprint density at radius 1 is 1.13 bits per heavy atom. The fraction of sp³-hybridized carbons (Fsp3) is 0.452. The number of amides is 1. The number of carbonyl (C=O) groups excluding carboxylic acids is 3. The minimum Gasteiger partial charge on any atom is -0.462 e. The second kappa shape index (κ2) is 12.2. The molecule has 1 fully saturated rings. The highest BCUT2D eigenvalue weighted by Crippen LogP contribution is 2.36. The lowest BCUT2D eigenvalue weighted by atomic mass is 9.98. The van der Waals surface area contributed by atoms with Gasteiger partial charge in [0.05, 0.1) is 12.2 Å². The molecule has 0 aliphatic heterocycles. The fourth-order valence-electron chi connectivity index (χ4n) is 5.31. The Hall–Kier alpha value is -3.39. The first-order valence-electron chi connectivity index (χ1n) is 13.7. The topological polar surface area (TPSA) is 86.6 Å². The smallest absolute Gasteiger partial charge is 0.348 e. The maximum atomic E-state index is 13.8. The predicted molar refractivity (Wildman–Crippen MR) is 156 cm³/mol. The van der Waals surface area contributed by atoms with Gasteiger partial charge in [-0.3, -0.25) is 4.79 Å². The Bertz CT molecular complexity index is 1410. The van der Waals surface area contributed by atoms with Crippen molar-refractivity contribution >= 4 is 45.1 Å². The van der Waals surface area contributed by atoms with Crippen LogP contribution in [0, 0.1) is 13.8 Å². The summed E-state index contributed by atoms with van der Waals surface area (Å²) < 4.78 is 13.0. The molecule has 39 heavy (non-hydrogen) atoms. The predicted octanol–water partition coefficient (Wildman–Crippen LogP) is 7.55. The summed E-state index contributed by atoms with van der Waals surface area (Å²) in [5.41, 5.74) is 4.10. The number of aryl methyl sites for hydroxylation is 1. The molecular weight excluding hydrogens is 512 g/mol. The van der Waals surface area contributed by atoms with Gasteiger partial charge in [0, 0.05) is 17.4 Å². The number of allylic oxidation sites excluding steroid dienone is 1. The summed E-state index contributed by atoms with van der Waals surface area (Å²) in [6.07, 6.45) is 6.54. The number of carbonyl (C=O) groups is 3. The van der Waals surface area contributed by atoms with Gasteiger partial charge in [0.1, 0.15) is 21.7 Å². The molecule has 3 aromatic rings. The Balaban J connectivity index is 1.73. The average molecular weight is 551 g/mol. The number of nitrogens with zero attached hydrogens (tertiary/aromatic N) is 1. The van der Waals surface area contributed by atoms with E-state index in [-0.39, 0.29) is 29.2 Å². The third-order valence-corrected chi connectivity index (χ3v) is 8.59. The lowest BCUT2D eigenvalue weighted by molar-refractivity contribution is 0.0216. The Kier molecular flexibility index (Phi) is 8.95. The van der Waals surface area contributed by atoms with Crippen molar-refractivity contribution in [3.8, 4) is 0 Å². The molecule has 0 spiro atoms. The highest BCUT2D eigenvalue weighted by atomic mass is 32.1. The first-order chi connectivity index (χ1) is 18.7. The number of hydrogen-bond acceptors (Lipinski definition) is 6. The monoisotopic (exact) mass is 550 g/mol. The number of nitrogens with one attached hydrogen (secondary N) is 1. The van der Waals surface area contributed by atoms with E-state index in [4.69, 9.17) is 9.47 Å². The molecule has 0 unspecified atom stereocenters. The van der Waals surface area contributed by atoms with E-state index in [1.165, 1.54) is 5.56 Å². The molecule has 2 heterocycles. The normalized spacial score (nSPS) is 14.0. The van der Waals surface area contributed by atoms with Crippen LogP contribution in [-0.4, -0.2) is 35.1 Å². The van der Waals surface area contributed by atoms with Gasteiger partial charge in [-0.25, -0.2) is 9.59 Å². The first-order valence-corrected chi connectivity index (χ1v) is 14.6. The zero-order chi connectivity index (χ0) is 28.3. The number of esters is 2. The zero-order valence-corrected chi connectivity index (χ0v) is 24.3. The fourth-order valence-corrected chi connectivity index (χ4v) is 6.38. The molecule has 7 nitrogen and oxygen atoms in total. The largest absolute Gasteiger partial charge is 0.462 e. The first kappa shape index (κ1) is 28.6. The summed E-state index contributed by atoms with van der Waals surface area (Å²) in [7, 11) is 0. The molecule has 1 aliphatic carbocycles. The second-order valence-corrected chi connectivity index (χ2v) is 11.4. The van der Waals surface area contributed by atoms with Crippen molar-refractivity contribution in [1.82, 2.24) is 4.57 Å². The van der Waals surface area contributed by atoms with Crippen molar-refractivity contribution in [2.24, 2.45) is 0 Å². The zero-order valence-electron chi connectivity index (χ0n) is 23.5. The van der Waals surface area contributed by atoms with E-state index in [2.05, 4.69) is 37.9 Å². The molecule has 8 heteroatoms. The summed E-state index contributed by atoms with van der Waals surface area (Å²) in [5.74, 6) is -1.06. The molecular formula is C31H38N2O5S. The molecule has 2 aromatic heterocycles. The standard InChI is InChI=1S/C31H38N2O5S/c1-7-16-33-24-15-14-21(18(3)4)17-23(24)19(5)26(33)28(34)32-29-25(30(35)37-8-2)20(6)27(39-29)31(36)38-22-12-10-9-11-13-22/h7,14-15,17-18,22H,1,8-13,16H2,2-6H3,(H,32,34). The van der Waals surface area contributed by atoms with Gasteiger partial charge < -0.3 is 19.4 Å². The van der Waals surface area contributed by atoms with Crippen LogP contribution in [-0.2, 0) is 16.0 Å². The summed E-state index contributed by atoms with van der Waals surface area (Å²) in [5, 5.41) is 4.22. The molecule has 0 saturated heterocycles. The van der Waals surface area contributed by atoms with Gasteiger partial charge in [-0.05, 0) is 81.2 Å². The van der Waals surface area contributed by atoms with Gasteiger partial charge in [-0.1, -0.05) is 32.4 Å². The maximum Gasteiger partial charge on any atom is 0.348 e. The molecule has 0 bridgehead atoms. The number of fused-ring (bicyclic) bond motifs is 1. The highest BCUT2D eigenvalue weighted by Gasteiger charge is 2.30. The molecule has 208 valence electrons. The quantitative estimate of drug-likeness (QED) is 0.220. The average Bonchev–Trinajstić information content (AvgIpc) is 3.38. The molecule has 1 aliphatic rings. The van der Waals surface area contributed by atoms with Gasteiger partial charge in [0.25, 0.3) is 5.91 Å². The van der Waals surface area contributed by atoms with Crippen molar-refractivity contribution in [2.45, 2.75) is 85.3 Å². The lowest BCUT2D eigenvalue weighted by Gasteiger charge is -2.21. The van der Waals surface area contributed by atoms with Crippen molar-refractivity contribution in [1.29, 1.82) is 0 Å². The van der Waals surface area contributed by atoms with Crippen LogP contribution in [0.3, 0.4) is 0 Å². The number of ether oxygens (including phenoxy) is 2. The highest BCUT2D eigenvalue weighted by molar-refractivity contribution is 7.18. The molecule has 1 aromatic carbocycles. The van der Waals surface area contributed by atoms with Gasteiger partial charge in [0.15, 0.2) is 0 Å². The van der Waals surface area contributed by atoms with E-state index in [1.807, 2.05) is 17.6 Å². The maximum absolute atomic E-state index is 13.8. The third-order valence-electron chi connectivity index (χ3n) is 7.40. The van der Waals surface area contributed by atoms with Gasteiger partial charge in [0.2, 0.25) is 0 Å². The SMILES string of the molecule is C=CCn1c(C(=O)Nc2sc(C(=O)OC3CCCCC3)c(C)c2C(=O)OCC)c(C)c2cc(C(C)C)ccc21. The van der Waals surface area contributed by atoms with Crippen molar-refractivity contribution in [3.05, 3.63) is 63.7 Å². The minimum absolute atomic E-state index is 0.121. The van der Waals surface area contributed by atoms with E-state index in [1.54, 1.807) is 19.9 Å². The molecule has 1 saturated carbocycles. The summed E-state index contributed by atoms with van der Waals surface area (Å²) in [6, 6.07) is 6.25. The Labute approximate surface area is 234 Å². The number of anilines is 1. The Morgan fingerprint density at radius 3 is 2.49 bits per heavy atom. The van der Waals surface area contributed by atoms with E-state index in [0.29, 0.717) is 28.6 Å².